The fraction of sp³-hybridized carbons (Fsp3) is 0.333. The normalized spacial score (nSPS) is 12.2. The van der Waals surface area contributed by atoms with Crippen LogP contribution in [0.15, 0.2) is 28.7 Å². The van der Waals surface area contributed by atoms with Crippen LogP contribution in [0.2, 0.25) is 0 Å². The smallest absolute Gasteiger partial charge is 0.408 e. The van der Waals surface area contributed by atoms with Gasteiger partial charge < -0.3 is 15.4 Å². The Morgan fingerprint density at radius 1 is 1.36 bits per heavy atom. The number of hydrogen-bond acceptors (Lipinski definition) is 3. The van der Waals surface area contributed by atoms with Gasteiger partial charge in [0.25, 0.3) is 0 Å². The van der Waals surface area contributed by atoms with Gasteiger partial charge in [-0.15, -0.1) is 0 Å². The molecule has 0 heterocycles. The van der Waals surface area contributed by atoms with Crippen LogP contribution in [0.4, 0.5) is 10.5 Å². The van der Waals surface area contributed by atoms with Gasteiger partial charge in [-0.25, -0.2) is 4.79 Å². The molecule has 0 aliphatic carbocycles. The molecule has 0 spiro atoms. The van der Waals surface area contributed by atoms with Crippen molar-refractivity contribution in [2.75, 3.05) is 11.9 Å². The summed E-state index contributed by atoms with van der Waals surface area (Å²) >= 11 is 26.0. The van der Waals surface area contributed by atoms with Crippen molar-refractivity contribution >= 4 is 79.8 Å². The van der Waals surface area contributed by atoms with E-state index in [1.54, 1.807) is 13.0 Å². The average molecular weight is 450 g/mol. The van der Waals surface area contributed by atoms with Gasteiger partial charge in [-0.1, -0.05) is 46.9 Å². The largest absolute Gasteiger partial charge is 0.450 e. The van der Waals surface area contributed by atoms with E-state index in [0.717, 1.165) is 10.2 Å². The van der Waals surface area contributed by atoms with Crippen molar-refractivity contribution in [2.45, 2.75) is 16.9 Å². The minimum atomic E-state index is -1.83. The van der Waals surface area contributed by atoms with Crippen LogP contribution >= 0.6 is 63.0 Å². The molecule has 1 atom stereocenters. The zero-order valence-corrected chi connectivity index (χ0v) is 16.0. The molecule has 0 aromatic heterocycles. The van der Waals surface area contributed by atoms with Gasteiger partial charge in [0.2, 0.25) is 3.79 Å². The van der Waals surface area contributed by atoms with E-state index in [1.807, 2.05) is 18.2 Å². The summed E-state index contributed by atoms with van der Waals surface area (Å²) in [5.74, 6) is 0. The molecule has 10 heteroatoms. The van der Waals surface area contributed by atoms with Crippen LogP contribution in [0.25, 0.3) is 0 Å². The lowest BCUT2D eigenvalue weighted by Gasteiger charge is -2.27. The lowest BCUT2D eigenvalue weighted by Crippen LogP contribution is -2.56. The van der Waals surface area contributed by atoms with Crippen LogP contribution in [0, 0.1) is 0 Å². The molecule has 0 aliphatic heterocycles. The highest BCUT2D eigenvalue weighted by Gasteiger charge is 2.35. The fourth-order valence-corrected chi connectivity index (χ4v) is 2.28. The molecule has 22 heavy (non-hydrogen) atoms. The fourth-order valence-electron chi connectivity index (χ4n) is 1.34. The van der Waals surface area contributed by atoms with E-state index in [-0.39, 0.29) is 11.7 Å². The highest BCUT2D eigenvalue weighted by Crippen LogP contribution is 2.29. The monoisotopic (exact) mass is 447 g/mol. The van der Waals surface area contributed by atoms with Crippen LogP contribution in [-0.2, 0) is 4.74 Å². The van der Waals surface area contributed by atoms with E-state index in [1.165, 1.54) is 0 Å². The van der Waals surface area contributed by atoms with Gasteiger partial charge in [0.15, 0.2) is 11.3 Å². The summed E-state index contributed by atoms with van der Waals surface area (Å²) in [4.78, 5) is 11.5. The number of halogens is 4. The summed E-state index contributed by atoms with van der Waals surface area (Å²) in [5.41, 5.74) is 0.721. The lowest BCUT2D eigenvalue weighted by atomic mass is 10.3. The predicted octanol–water partition coefficient (Wildman–Crippen LogP) is 4.18. The third-order valence-electron chi connectivity index (χ3n) is 2.26. The van der Waals surface area contributed by atoms with E-state index < -0.39 is 16.1 Å². The third-order valence-corrected chi connectivity index (χ3v) is 3.83. The molecule has 1 rings (SSSR count). The summed E-state index contributed by atoms with van der Waals surface area (Å²) in [6.45, 7) is 1.86. The van der Waals surface area contributed by atoms with E-state index in [2.05, 4.69) is 31.9 Å². The second kappa shape index (κ2) is 8.98. The molecular weight excluding hydrogens is 436 g/mol. The zero-order valence-electron chi connectivity index (χ0n) is 11.3. The number of thiocarbonyl (C=S) groups is 1. The summed E-state index contributed by atoms with van der Waals surface area (Å²) in [6.07, 6.45) is -1.80. The number of alkyl halides is 3. The van der Waals surface area contributed by atoms with Crippen molar-refractivity contribution < 1.29 is 9.53 Å². The Kier molecular flexibility index (Phi) is 7.99. The first-order valence-electron chi connectivity index (χ1n) is 6.06. The van der Waals surface area contributed by atoms with Gasteiger partial charge in [0, 0.05) is 4.47 Å². The molecule has 5 nitrogen and oxygen atoms in total. The minimum absolute atomic E-state index is 0.167. The molecule has 122 valence electrons. The van der Waals surface area contributed by atoms with E-state index in [0.29, 0.717) is 0 Å². The van der Waals surface area contributed by atoms with Crippen molar-refractivity contribution in [2.24, 2.45) is 0 Å². The highest BCUT2D eigenvalue weighted by atomic mass is 79.9. The predicted molar refractivity (Wildman–Crippen MR) is 97.7 cm³/mol. The van der Waals surface area contributed by atoms with Gasteiger partial charge in [0.05, 0.1) is 12.3 Å². The maximum absolute atomic E-state index is 11.5. The Balaban J connectivity index is 2.71. The minimum Gasteiger partial charge on any atom is -0.450 e. The summed E-state index contributed by atoms with van der Waals surface area (Å²) < 4.78 is 3.73. The van der Waals surface area contributed by atoms with Crippen molar-refractivity contribution in [3.8, 4) is 0 Å². The second-order valence-corrected chi connectivity index (χ2v) is 7.55. The number of carbonyl (C=O) groups is 1. The van der Waals surface area contributed by atoms with Gasteiger partial charge in [-0.2, -0.15) is 0 Å². The quantitative estimate of drug-likeness (QED) is 0.366. The van der Waals surface area contributed by atoms with Gasteiger partial charge >= 0.3 is 6.09 Å². The number of ether oxygens (including phenoxy) is 1. The molecule has 0 radical (unpaired) electrons. The highest BCUT2D eigenvalue weighted by molar-refractivity contribution is 9.10. The number of para-hydroxylation sites is 1. The standard InChI is InChI=1S/C12H13BrCl3N3O2S/c1-2-21-11(20)19-9(12(14,15)16)18-10(22)17-8-6-4-3-5-7(8)13/h3-6,9H,2H2,1H3,(H,19,20)(H2,17,18,22)/t9-/m0/s1. The van der Waals surface area contributed by atoms with Gasteiger partial charge in [0.1, 0.15) is 0 Å². The van der Waals surface area contributed by atoms with Gasteiger partial charge in [-0.3, -0.25) is 5.32 Å². The van der Waals surface area contributed by atoms with Crippen molar-refractivity contribution in [3.63, 3.8) is 0 Å². The number of rotatable bonds is 4. The number of anilines is 1. The number of hydrogen-bond donors (Lipinski definition) is 3. The van der Waals surface area contributed by atoms with Crippen LogP contribution in [0.3, 0.4) is 0 Å². The summed E-state index contributed by atoms with van der Waals surface area (Å²) in [7, 11) is 0. The van der Waals surface area contributed by atoms with E-state index in [4.69, 9.17) is 51.8 Å². The summed E-state index contributed by atoms with van der Waals surface area (Å²) in [5, 5.41) is 8.19. The molecule has 0 saturated heterocycles. The second-order valence-electron chi connectivity index (χ2n) is 3.92. The molecule has 1 aromatic carbocycles. The van der Waals surface area contributed by atoms with E-state index in [9.17, 15) is 4.79 Å². The molecule has 1 aromatic rings. The number of benzene rings is 1. The van der Waals surface area contributed by atoms with Crippen molar-refractivity contribution in [1.82, 2.24) is 10.6 Å². The molecule has 1 amide bonds. The molecule has 3 N–H and O–H groups in total. The number of carbonyl (C=O) groups excluding carboxylic acids is 1. The lowest BCUT2D eigenvalue weighted by molar-refractivity contribution is 0.147. The molecule has 0 aliphatic rings. The number of alkyl carbamates (subject to hydrolysis) is 1. The Bertz CT molecular complexity index is 543. The van der Waals surface area contributed by atoms with Gasteiger partial charge in [-0.05, 0) is 47.2 Å². The van der Waals surface area contributed by atoms with Crippen LogP contribution in [-0.4, -0.2) is 27.8 Å². The van der Waals surface area contributed by atoms with Crippen LogP contribution in [0.1, 0.15) is 6.92 Å². The Morgan fingerprint density at radius 3 is 2.55 bits per heavy atom. The SMILES string of the molecule is CCOC(=O)N[C@H](NC(=S)Nc1ccccc1Br)C(Cl)(Cl)Cl. The topological polar surface area (TPSA) is 62.4 Å². The first-order chi connectivity index (χ1) is 10.2. The molecule has 0 unspecified atom stereocenters. The molecular formula is C12H13BrCl3N3O2S. The first kappa shape index (κ1) is 19.6. The molecule has 0 saturated carbocycles. The number of nitrogens with one attached hydrogen (secondary N) is 3. The van der Waals surface area contributed by atoms with Crippen molar-refractivity contribution in [3.05, 3.63) is 28.7 Å². The number of amides is 1. The average Bonchev–Trinajstić information content (AvgIpc) is 2.40. The molecule has 0 fully saturated rings. The van der Waals surface area contributed by atoms with Crippen LogP contribution in [0.5, 0.6) is 0 Å². The van der Waals surface area contributed by atoms with Crippen molar-refractivity contribution in [1.29, 1.82) is 0 Å². The Hall–Kier alpha value is -0.470. The summed E-state index contributed by atoms with van der Waals surface area (Å²) in [6, 6.07) is 7.34. The van der Waals surface area contributed by atoms with E-state index >= 15 is 0 Å². The third kappa shape index (κ3) is 6.75. The Morgan fingerprint density at radius 2 is 2.00 bits per heavy atom. The van der Waals surface area contributed by atoms with Crippen LogP contribution < -0.4 is 16.0 Å². The maximum atomic E-state index is 11.5. The molecule has 0 bridgehead atoms. The first-order valence-corrected chi connectivity index (χ1v) is 8.39. The Labute approximate surface area is 157 Å². The maximum Gasteiger partial charge on any atom is 0.408 e. The zero-order chi connectivity index (χ0) is 16.8.